The molecule has 0 aromatic heterocycles. The van der Waals surface area contributed by atoms with Crippen molar-refractivity contribution >= 4 is 5.91 Å². The van der Waals surface area contributed by atoms with E-state index in [2.05, 4.69) is 5.32 Å². The van der Waals surface area contributed by atoms with Gasteiger partial charge in [0.2, 0.25) is 5.91 Å². The number of hydrogen-bond donors (Lipinski definition) is 1. The summed E-state index contributed by atoms with van der Waals surface area (Å²) in [5.74, 6) is 1.94. The first-order valence-electron chi connectivity index (χ1n) is 6.64. The molecular weight excluding hydrogens is 200 g/mol. The molecule has 2 aliphatic carbocycles. The minimum atomic E-state index is -0.0175. The molecule has 1 amide bonds. The Bertz CT molecular complexity index is 247. The second kappa shape index (κ2) is 4.74. The zero-order valence-corrected chi connectivity index (χ0v) is 10.7. The zero-order valence-electron chi connectivity index (χ0n) is 10.7. The van der Waals surface area contributed by atoms with Gasteiger partial charge >= 0.3 is 0 Å². The van der Waals surface area contributed by atoms with Gasteiger partial charge in [-0.2, -0.15) is 0 Å². The molecule has 0 aromatic rings. The predicted octanol–water partition coefficient (Wildman–Crippen LogP) is 1.63. The first-order chi connectivity index (χ1) is 7.63. The van der Waals surface area contributed by atoms with Crippen molar-refractivity contribution in [2.45, 2.75) is 51.6 Å². The molecule has 2 saturated carbocycles. The molecule has 16 heavy (non-hydrogen) atoms. The van der Waals surface area contributed by atoms with Gasteiger partial charge < -0.3 is 10.2 Å². The maximum absolute atomic E-state index is 12.0. The lowest BCUT2D eigenvalue weighted by atomic mass is 10.1. The van der Waals surface area contributed by atoms with Crippen LogP contribution in [0, 0.1) is 11.8 Å². The Balaban J connectivity index is 1.84. The minimum Gasteiger partial charge on any atom is -0.345 e. The molecule has 0 heterocycles. The summed E-state index contributed by atoms with van der Waals surface area (Å²) in [4.78, 5) is 13.8. The number of carbonyl (C=O) groups excluding carboxylic acids is 1. The van der Waals surface area contributed by atoms with Gasteiger partial charge in [0.25, 0.3) is 0 Å². The Hall–Kier alpha value is -0.570. The van der Waals surface area contributed by atoms with E-state index in [9.17, 15) is 4.79 Å². The van der Waals surface area contributed by atoms with Crippen molar-refractivity contribution in [1.82, 2.24) is 10.2 Å². The summed E-state index contributed by atoms with van der Waals surface area (Å²) in [6.45, 7) is 4.82. The van der Waals surface area contributed by atoms with Gasteiger partial charge in [-0.05, 0) is 51.4 Å². The molecule has 92 valence electrons. The number of nitrogens with one attached hydrogen (secondary N) is 1. The van der Waals surface area contributed by atoms with Crippen LogP contribution in [0.1, 0.15) is 39.5 Å². The highest BCUT2D eigenvalue weighted by molar-refractivity contribution is 5.81. The summed E-state index contributed by atoms with van der Waals surface area (Å²) in [7, 11) is 1.88. The van der Waals surface area contributed by atoms with Crippen molar-refractivity contribution < 1.29 is 4.79 Å². The molecule has 1 N–H and O–H groups in total. The Morgan fingerprint density at radius 1 is 1.31 bits per heavy atom. The van der Waals surface area contributed by atoms with Crippen molar-refractivity contribution in [2.24, 2.45) is 11.8 Å². The van der Waals surface area contributed by atoms with Crippen molar-refractivity contribution in [1.29, 1.82) is 0 Å². The second-order valence-corrected chi connectivity index (χ2v) is 5.44. The lowest BCUT2D eigenvalue weighted by molar-refractivity contribution is -0.131. The summed E-state index contributed by atoms with van der Waals surface area (Å²) in [6.07, 6.45) is 5.44. The molecule has 0 saturated heterocycles. The van der Waals surface area contributed by atoms with Gasteiger partial charge in [0.15, 0.2) is 0 Å². The number of carbonyl (C=O) groups is 1. The van der Waals surface area contributed by atoms with Gasteiger partial charge in [-0.1, -0.05) is 0 Å². The first-order valence-corrected chi connectivity index (χ1v) is 6.64. The number of rotatable bonds is 6. The number of hydrogen-bond acceptors (Lipinski definition) is 2. The third kappa shape index (κ3) is 2.76. The van der Waals surface area contributed by atoms with Crippen molar-refractivity contribution in [3.63, 3.8) is 0 Å². The highest BCUT2D eigenvalue weighted by atomic mass is 16.2. The van der Waals surface area contributed by atoms with Crippen LogP contribution >= 0.6 is 0 Å². The van der Waals surface area contributed by atoms with E-state index in [1.807, 2.05) is 20.9 Å². The van der Waals surface area contributed by atoms with E-state index >= 15 is 0 Å². The molecule has 1 atom stereocenters. The van der Waals surface area contributed by atoms with Gasteiger partial charge in [0, 0.05) is 19.6 Å². The van der Waals surface area contributed by atoms with Crippen LogP contribution in [-0.2, 0) is 4.79 Å². The van der Waals surface area contributed by atoms with E-state index in [1.54, 1.807) is 4.90 Å². The first kappa shape index (κ1) is 11.9. The predicted molar refractivity (Wildman–Crippen MR) is 65.1 cm³/mol. The van der Waals surface area contributed by atoms with Crippen LogP contribution in [0.3, 0.4) is 0 Å². The summed E-state index contributed by atoms with van der Waals surface area (Å²) in [6, 6.07) is 0.598. The standard InChI is InChI=1S/C13H24N2O/c1-4-15(3)13(16)9(2)14-12(10-5-6-10)11-7-8-11/h9-12,14H,4-8H2,1-3H3. The molecule has 0 aromatic carbocycles. The molecular formula is C13H24N2O. The third-order valence-electron chi connectivity index (χ3n) is 3.92. The monoisotopic (exact) mass is 224 g/mol. The summed E-state index contributed by atoms with van der Waals surface area (Å²) in [5, 5.41) is 3.56. The Labute approximate surface area is 98.6 Å². The average molecular weight is 224 g/mol. The summed E-state index contributed by atoms with van der Waals surface area (Å²) >= 11 is 0. The minimum absolute atomic E-state index is 0.0175. The smallest absolute Gasteiger partial charge is 0.239 e. The molecule has 0 aliphatic heterocycles. The van der Waals surface area contributed by atoms with Crippen LogP contribution in [0.15, 0.2) is 0 Å². The molecule has 2 aliphatic rings. The number of nitrogens with zero attached hydrogens (tertiary/aromatic N) is 1. The van der Waals surface area contributed by atoms with Gasteiger partial charge in [0.1, 0.15) is 0 Å². The van der Waals surface area contributed by atoms with E-state index in [0.717, 1.165) is 18.4 Å². The molecule has 0 bridgehead atoms. The van der Waals surface area contributed by atoms with Crippen LogP contribution in [-0.4, -0.2) is 36.5 Å². The highest BCUT2D eigenvalue weighted by Gasteiger charge is 2.42. The number of likely N-dealkylation sites (N-methyl/N-ethyl adjacent to an activating group) is 1. The molecule has 2 fully saturated rings. The van der Waals surface area contributed by atoms with Crippen molar-refractivity contribution in [2.75, 3.05) is 13.6 Å². The highest BCUT2D eigenvalue weighted by Crippen LogP contribution is 2.44. The average Bonchev–Trinajstić information content (AvgIpc) is 3.15. The Kier molecular flexibility index (Phi) is 3.53. The maximum Gasteiger partial charge on any atom is 0.239 e. The van der Waals surface area contributed by atoms with Crippen LogP contribution in [0.2, 0.25) is 0 Å². The van der Waals surface area contributed by atoms with Gasteiger partial charge in [-0.15, -0.1) is 0 Å². The third-order valence-corrected chi connectivity index (χ3v) is 3.92. The van der Waals surface area contributed by atoms with Crippen LogP contribution < -0.4 is 5.32 Å². The van der Waals surface area contributed by atoms with E-state index in [1.165, 1.54) is 25.7 Å². The fraction of sp³-hybridized carbons (Fsp3) is 0.923. The molecule has 3 heteroatoms. The van der Waals surface area contributed by atoms with Gasteiger partial charge in [-0.25, -0.2) is 0 Å². The number of amides is 1. The van der Waals surface area contributed by atoms with E-state index < -0.39 is 0 Å². The van der Waals surface area contributed by atoms with Crippen molar-refractivity contribution in [3.05, 3.63) is 0 Å². The van der Waals surface area contributed by atoms with Crippen LogP contribution in [0.4, 0.5) is 0 Å². The molecule has 0 spiro atoms. The Morgan fingerprint density at radius 2 is 1.81 bits per heavy atom. The molecule has 1 unspecified atom stereocenters. The lowest BCUT2D eigenvalue weighted by Crippen LogP contribution is -2.48. The summed E-state index contributed by atoms with van der Waals surface area (Å²) in [5.41, 5.74) is 0. The molecule has 0 radical (unpaired) electrons. The normalized spacial score (nSPS) is 22.2. The Morgan fingerprint density at radius 3 is 2.19 bits per heavy atom. The topological polar surface area (TPSA) is 32.3 Å². The fourth-order valence-corrected chi connectivity index (χ4v) is 2.41. The maximum atomic E-state index is 12.0. The molecule has 3 nitrogen and oxygen atoms in total. The lowest BCUT2D eigenvalue weighted by Gasteiger charge is -2.25. The van der Waals surface area contributed by atoms with Crippen LogP contribution in [0.25, 0.3) is 0 Å². The zero-order chi connectivity index (χ0) is 11.7. The van der Waals surface area contributed by atoms with E-state index in [4.69, 9.17) is 0 Å². The SMILES string of the molecule is CCN(C)C(=O)C(C)NC(C1CC1)C1CC1. The second-order valence-electron chi connectivity index (χ2n) is 5.44. The van der Waals surface area contributed by atoms with E-state index in [-0.39, 0.29) is 11.9 Å². The summed E-state index contributed by atoms with van der Waals surface area (Å²) < 4.78 is 0. The van der Waals surface area contributed by atoms with Crippen molar-refractivity contribution in [3.8, 4) is 0 Å². The fourth-order valence-electron chi connectivity index (χ4n) is 2.41. The largest absolute Gasteiger partial charge is 0.345 e. The van der Waals surface area contributed by atoms with E-state index in [0.29, 0.717) is 6.04 Å². The van der Waals surface area contributed by atoms with Gasteiger partial charge in [-0.3, -0.25) is 4.79 Å². The quantitative estimate of drug-likeness (QED) is 0.744. The van der Waals surface area contributed by atoms with Crippen LogP contribution in [0.5, 0.6) is 0 Å². The molecule has 2 rings (SSSR count). The van der Waals surface area contributed by atoms with Gasteiger partial charge in [0.05, 0.1) is 6.04 Å².